The van der Waals surface area contributed by atoms with Crippen molar-refractivity contribution in [1.29, 1.82) is 0 Å². The van der Waals surface area contributed by atoms with Crippen molar-refractivity contribution in [2.45, 2.75) is 45.4 Å². The average Bonchev–Trinajstić information content (AvgIpc) is 2.74. The molecule has 0 spiro atoms. The lowest BCUT2D eigenvalue weighted by molar-refractivity contribution is -0.141. The van der Waals surface area contributed by atoms with Crippen molar-refractivity contribution >= 4 is 29.6 Å². The van der Waals surface area contributed by atoms with Crippen LogP contribution in [0.15, 0.2) is 48.5 Å². The van der Waals surface area contributed by atoms with Gasteiger partial charge in [0, 0.05) is 6.92 Å². The van der Waals surface area contributed by atoms with Gasteiger partial charge in [-0.3, -0.25) is 9.59 Å². The number of ether oxygens (including phenoxy) is 3. The zero-order chi connectivity index (χ0) is 24.0. The summed E-state index contributed by atoms with van der Waals surface area (Å²) in [4.78, 5) is 36.1. The second-order valence-electron chi connectivity index (χ2n) is 8.38. The second kappa shape index (κ2) is 10.2. The summed E-state index contributed by atoms with van der Waals surface area (Å²) >= 11 is 0. The fourth-order valence-corrected chi connectivity index (χ4v) is 3.43. The first kappa shape index (κ1) is 23.8. The van der Waals surface area contributed by atoms with Crippen LogP contribution < -0.4 is 15.8 Å². The topological polar surface area (TPSA) is 117 Å². The van der Waals surface area contributed by atoms with Crippen LogP contribution in [0.2, 0.25) is 0 Å². The number of Topliss-reactive ketones (excluding diaryl/α,β-unsaturated/α-hetero) is 1. The Balaban J connectivity index is 1.72. The molecule has 1 aliphatic heterocycles. The Morgan fingerprint density at radius 3 is 2.61 bits per heavy atom. The number of hydrogen-bond acceptors (Lipinski definition) is 7. The highest BCUT2D eigenvalue weighted by atomic mass is 16.6. The van der Waals surface area contributed by atoms with Crippen LogP contribution in [-0.2, 0) is 20.9 Å². The Kier molecular flexibility index (Phi) is 7.37. The highest BCUT2D eigenvalue weighted by Crippen LogP contribution is 2.38. The maximum atomic E-state index is 12.6. The van der Waals surface area contributed by atoms with E-state index >= 15 is 0 Å². The standard InChI is InChI=1S/C25H28N2O6/c1-16(28)31-15-19(27-24(30)32-14-17-7-5-4-6-8-17)11-9-18-10-12-21-22(23(18)26)20(29)13-25(2,3)33-21/h4-12,19H,13-15,26H2,1-3H3,(H,27,30)/b11-9+. The van der Waals surface area contributed by atoms with Crippen molar-refractivity contribution in [2.75, 3.05) is 12.3 Å². The Bertz CT molecular complexity index is 1060. The highest BCUT2D eigenvalue weighted by molar-refractivity contribution is 6.06. The molecule has 0 fully saturated rings. The molecule has 0 saturated carbocycles. The monoisotopic (exact) mass is 452 g/mol. The molecule has 1 heterocycles. The van der Waals surface area contributed by atoms with Gasteiger partial charge in [0.05, 0.1) is 23.7 Å². The Morgan fingerprint density at radius 2 is 1.91 bits per heavy atom. The molecule has 0 aromatic heterocycles. The van der Waals surface area contributed by atoms with Crippen molar-refractivity contribution in [3.8, 4) is 5.75 Å². The maximum absolute atomic E-state index is 12.6. The molecule has 1 unspecified atom stereocenters. The number of carbonyl (C=O) groups excluding carboxylic acids is 3. The van der Waals surface area contributed by atoms with Crippen LogP contribution in [0.1, 0.15) is 48.7 Å². The van der Waals surface area contributed by atoms with E-state index in [4.69, 9.17) is 19.9 Å². The van der Waals surface area contributed by atoms with Crippen molar-refractivity contribution in [3.05, 3.63) is 65.2 Å². The summed E-state index contributed by atoms with van der Waals surface area (Å²) in [6.07, 6.45) is 2.85. The molecule has 33 heavy (non-hydrogen) atoms. The maximum Gasteiger partial charge on any atom is 0.408 e. The second-order valence-corrected chi connectivity index (χ2v) is 8.38. The summed E-state index contributed by atoms with van der Waals surface area (Å²) in [5.74, 6) is -0.121. The van der Waals surface area contributed by atoms with Gasteiger partial charge in [0.1, 0.15) is 24.6 Å². The van der Waals surface area contributed by atoms with Gasteiger partial charge in [-0.05, 0) is 37.1 Å². The molecule has 1 amide bonds. The summed E-state index contributed by atoms with van der Waals surface area (Å²) in [5, 5.41) is 2.66. The molecular weight excluding hydrogens is 424 g/mol. The minimum absolute atomic E-state index is 0.0897. The van der Waals surface area contributed by atoms with E-state index in [-0.39, 0.29) is 25.4 Å². The quantitative estimate of drug-likeness (QED) is 0.483. The number of amides is 1. The van der Waals surface area contributed by atoms with Crippen LogP contribution in [0.25, 0.3) is 6.08 Å². The van der Waals surface area contributed by atoms with Crippen LogP contribution in [0.3, 0.4) is 0 Å². The Hall–Kier alpha value is -3.81. The molecule has 8 nitrogen and oxygen atoms in total. The molecule has 0 aliphatic carbocycles. The van der Waals surface area contributed by atoms with Crippen molar-refractivity contribution in [1.82, 2.24) is 5.32 Å². The van der Waals surface area contributed by atoms with Crippen LogP contribution in [0, 0.1) is 0 Å². The molecule has 1 atom stereocenters. The fourth-order valence-electron chi connectivity index (χ4n) is 3.43. The predicted octanol–water partition coefficient (Wildman–Crippen LogP) is 3.88. The molecule has 3 N–H and O–H groups in total. The van der Waals surface area contributed by atoms with E-state index in [2.05, 4.69) is 5.32 Å². The number of fused-ring (bicyclic) bond motifs is 1. The van der Waals surface area contributed by atoms with Crippen LogP contribution in [-0.4, -0.2) is 36.1 Å². The molecule has 8 heteroatoms. The number of carbonyl (C=O) groups is 3. The zero-order valence-electron chi connectivity index (χ0n) is 18.9. The SMILES string of the molecule is CC(=O)OCC(/C=C/c1ccc2c(c1N)C(=O)CC(C)(C)O2)NC(=O)OCc1ccccc1. The number of rotatable bonds is 7. The first-order chi connectivity index (χ1) is 15.6. The summed E-state index contributed by atoms with van der Waals surface area (Å²) in [6, 6.07) is 12.0. The third-order valence-electron chi connectivity index (χ3n) is 4.98. The van der Waals surface area contributed by atoms with E-state index in [1.54, 1.807) is 24.3 Å². The van der Waals surface area contributed by atoms with Gasteiger partial charge in [-0.25, -0.2) is 4.79 Å². The molecule has 174 valence electrons. The van der Waals surface area contributed by atoms with Crippen molar-refractivity contribution in [2.24, 2.45) is 0 Å². The molecule has 2 aromatic rings. The lowest BCUT2D eigenvalue weighted by atomic mass is 9.90. The molecular formula is C25H28N2O6. The number of benzene rings is 2. The summed E-state index contributed by atoms with van der Waals surface area (Å²) in [6.45, 7) is 4.99. The van der Waals surface area contributed by atoms with Crippen molar-refractivity contribution < 1.29 is 28.6 Å². The van der Waals surface area contributed by atoms with Gasteiger partial charge >= 0.3 is 12.1 Å². The minimum atomic E-state index is -0.668. The molecule has 1 aliphatic rings. The number of nitrogen functional groups attached to an aromatic ring is 1. The van der Waals surface area contributed by atoms with Crippen LogP contribution in [0.5, 0.6) is 5.75 Å². The lowest BCUT2D eigenvalue weighted by Gasteiger charge is -2.32. The zero-order valence-corrected chi connectivity index (χ0v) is 18.9. The minimum Gasteiger partial charge on any atom is -0.487 e. The molecule has 0 bridgehead atoms. The average molecular weight is 453 g/mol. The molecule has 0 radical (unpaired) electrons. The van der Waals surface area contributed by atoms with Crippen LogP contribution in [0.4, 0.5) is 10.5 Å². The van der Waals surface area contributed by atoms with E-state index in [9.17, 15) is 14.4 Å². The van der Waals surface area contributed by atoms with E-state index in [1.807, 2.05) is 44.2 Å². The number of anilines is 1. The van der Waals surface area contributed by atoms with Crippen molar-refractivity contribution in [3.63, 3.8) is 0 Å². The summed E-state index contributed by atoms with van der Waals surface area (Å²) in [7, 11) is 0. The van der Waals surface area contributed by atoms with E-state index in [0.29, 0.717) is 22.6 Å². The molecule has 3 rings (SSSR count). The number of nitrogens with one attached hydrogen (secondary N) is 1. The lowest BCUT2D eigenvalue weighted by Crippen LogP contribution is -2.37. The number of esters is 1. The third kappa shape index (κ3) is 6.58. The van der Waals surface area contributed by atoms with Gasteiger partial charge in [-0.2, -0.15) is 0 Å². The van der Waals surface area contributed by atoms with Gasteiger partial charge in [-0.15, -0.1) is 0 Å². The first-order valence-corrected chi connectivity index (χ1v) is 10.6. The molecule has 2 aromatic carbocycles. The fraction of sp³-hybridized carbons (Fsp3) is 0.320. The highest BCUT2D eigenvalue weighted by Gasteiger charge is 2.34. The van der Waals surface area contributed by atoms with E-state index < -0.39 is 23.7 Å². The molecule has 0 saturated heterocycles. The van der Waals surface area contributed by atoms with Crippen LogP contribution >= 0.6 is 0 Å². The number of alkyl carbamates (subject to hydrolysis) is 1. The number of nitrogens with two attached hydrogens (primary N) is 1. The Morgan fingerprint density at radius 1 is 1.18 bits per heavy atom. The van der Waals surface area contributed by atoms with Gasteiger partial charge in [0.25, 0.3) is 0 Å². The Labute approximate surface area is 192 Å². The van der Waals surface area contributed by atoms with Gasteiger partial charge in [-0.1, -0.05) is 42.5 Å². The van der Waals surface area contributed by atoms with Gasteiger partial charge in [0.15, 0.2) is 5.78 Å². The normalized spacial score (nSPS) is 15.3. The van der Waals surface area contributed by atoms with Gasteiger partial charge < -0.3 is 25.3 Å². The largest absolute Gasteiger partial charge is 0.487 e. The number of hydrogen-bond donors (Lipinski definition) is 2. The first-order valence-electron chi connectivity index (χ1n) is 10.6. The number of ketones is 1. The van der Waals surface area contributed by atoms with Gasteiger partial charge in [0.2, 0.25) is 0 Å². The summed E-state index contributed by atoms with van der Waals surface area (Å²) < 4.78 is 16.2. The summed E-state index contributed by atoms with van der Waals surface area (Å²) in [5.41, 5.74) is 7.73. The van der Waals surface area contributed by atoms with E-state index in [1.165, 1.54) is 6.92 Å². The smallest absolute Gasteiger partial charge is 0.408 e. The predicted molar refractivity (Wildman–Crippen MR) is 124 cm³/mol. The third-order valence-corrected chi connectivity index (χ3v) is 4.98. The van der Waals surface area contributed by atoms with E-state index in [0.717, 1.165) is 5.56 Å².